The molecule has 0 saturated carbocycles. The molecule has 0 heterocycles. The molecule has 0 saturated heterocycles. The van der Waals surface area contributed by atoms with E-state index in [0.717, 1.165) is 22.3 Å². The quantitative estimate of drug-likeness (QED) is 0.468. The van der Waals surface area contributed by atoms with Crippen molar-refractivity contribution in [2.75, 3.05) is 6.61 Å². The van der Waals surface area contributed by atoms with Gasteiger partial charge < -0.3 is 20.5 Å². The number of alkyl carbamates (subject to hydrolysis) is 1. The number of fused-ring (bicyclic) bond motifs is 3. The average Bonchev–Trinajstić information content (AvgIpc) is 3.15. The monoisotopic (exact) mass is 458 g/mol. The van der Waals surface area contributed by atoms with Crippen molar-refractivity contribution in [2.45, 2.75) is 31.3 Å². The highest BCUT2D eigenvalue weighted by atomic mass is 16.5. The van der Waals surface area contributed by atoms with E-state index in [4.69, 9.17) is 4.74 Å². The Morgan fingerprint density at radius 2 is 1.41 bits per heavy atom. The average molecular weight is 459 g/mol. The van der Waals surface area contributed by atoms with Gasteiger partial charge in [0.25, 0.3) is 0 Å². The van der Waals surface area contributed by atoms with Crippen LogP contribution in [0, 0.1) is 0 Å². The van der Waals surface area contributed by atoms with Crippen LogP contribution in [-0.2, 0) is 14.3 Å². The minimum absolute atomic E-state index is 0.0565. The third-order valence-electron chi connectivity index (χ3n) is 5.88. The Balaban J connectivity index is 1.31. The van der Waals surface area contributed by atoms with Crippen LogP contribution in [0.5, 0.6) is 0 Å². The van der Waals surface area contributed by atoms with Crippen LogP contribution in [-0.4, -0.2) is 35.7 Å². The third-order valence-corrected chi connectivity index (χ3v) is 5.88. The molecule has 2 atom stereocenters. The van der Waals surface area contributed by atoms with Crippen LogP contribution in [0.15, 0.2) is 78.9 Å². The van der Waals surface area contributed by atoms with Gasteiger partial charge in [0.2, 0.25) is 5.91 Å². The molecule has 1 aliphatic rings. The molecule has 0 radical (unpaired) electrons. The zero-order valence-corrected chi connectivity index (χ0v) is 18.7. The van der Waals surface area contributed by atoms with Gasteiger partial charge in [0.15, 0.2) is 6.04 Å². The maximum absolute atomic E-state index is 12.4. The van der Waals surface area contributed by atoms with Crippen LogP contribution < -0.4 is 10.6 Å². The molecule has 174 valence electrons. The largest absolute Gasteiger partial charge is 0.479 e. The van der Waals surface area contributed by atoms with Crippen molar-refractivity contribution < 1.29 is 24.2 Å². The summed E-state index contributed by atoms with van der Waals surface area (Å²) in [5.41, 5.74) is 4.99. The molecule has 34 heavy (non-hydrogen) atoms. The van der Waals surface area contributed by atoms with E-state index >= 15 is 0 Å². The number of nitrogens with one attached hydrogen (secondary N) is 2. The fourth-order valence-electron chi connectivity index (χ4n) is 4.32. The third kappa shape index (κ3) is 5.09. The van der Waals surface area contributed by atoms with Crippen molar-refractivity contribution in [1.29, 1.82) is 0 Å². The highest BCUT2D eigenvalue weighted by Crippen LogP contribution is 2.44. The highest BCUT2D eigenvalue weighted by Gasteiger charge is 2.29. The van der Waals surface area contributed by atoms with Gasteiger partial charge >= 0.3 is 12.1 Å². The SMILES string of the molecule is C[C@H](CC(=O)N[C@@H](C(=O)O)c1ccccc1)NC(=O)OCC1c2ccccc2-c2ccccc21. The number of carbonyl (C=O) groups excluding carboxylic acids is 2. The van der Waals surface area contributed by atoms with E-state index in [-0.39, 0.29) is 18.9 Å². The second kappa shape index (κ2) is 10.2. The molecule has 3 aromatic carbocycles. The molecular weight excluding hydrogens is 432 g/mol. The van der Waals surface area contributed by atoms with Gasteiger partial charge in [0, 0.05) is 18.4 Å². The Labute approximate surface area is 197 Å². The number of rotatable bonds is 8. The number of amides is 2. The Bertz CT molecular complexity index is 1150. The lowest BCUT2D eigenvalue weighted by Crippen LogP contribution is -2.40. The first-order valence-electron chi connectivity index (χ1n) is 11.1. The normalized spacial score (nSPS) is 13.8. The van der Waals surface area contributed by atoms with E-state index in [0.29, 0.717) is 5.56 Å². The molecule has 0 aromatic heterocycles. The number of carboxylic acid groups (broad SMARTS) is 1. The molecule has 0 bridgehead atoms. The summed E-state index contributed by atoms with van der Waals surface area (Å²) in [4.78, 5) is 36.4. The predicted molar refractivity (Wildman–Crippen MR) is 127 cm³/mol. The van der Waals surface area contributed by atoms with Gasteiger partial charge in [-0.2, -0.15) is 0 Å². The van der Waals surface area contributed by atoms with Crippen molar-refractivity contribution in [1.82, 2.24) is 10.6 Å². The summed E-state index contributed by atoms with van der Waals surface area (Å²) in [6.07, 6.45) is -0.708. The van der Waals surface area contributed by atoms with Gasteiger partial charge in [-0.1, -0.05) is 78.9 Å². The highest BCUT2D eigenvalue weighted by molar-refractivity contribution is 5.85. The van der Waals surface area contributed by atoms with Crippen molar-refractivity contribution in [2.24, 2.45) is 0 Å². The molecule has 0 aliphatic heterocycles. The maximum atomic E-state index is 12.4. The summed E-state index contributed by atoms with van der Waals surface area (Å²) < 4.78 is 5.50. The van der Waals surface area contributed by atoms with Crippen LogP contribution in [0.3, 0.4) is 0 Å². The molecule has 1 aliphatic carbocycles. The smallest absolute Gasteiger partial charge is 0.407 e. The van der Waals surface area contributed by atoms with Gasteiger partial charge in [0.05, 0.1) is 0 Å². The Kier molecular flexibility index (Phi) is 6.92. The molecular formula is C27H26N2O5. The van der Waals surface area contributed by atoms with Gasteiger partial charge in [-0.25, -0.2) is 9.59 Å². The minimum Gasteiger partial charge on any atom is -0.479 e. The van der Waals surface area contributed by atoms with E-state index in [2.05, 4.69) is 22.8 Å². The number of benzene rings is 3. The summed E-state index contributed by atoms with van der Waals surface area (Å²) in [6, 6.07) is 22.9. The number of ether oxygens (including phenoxy) is 1. The lowest BCUT2D eigenvalue weighted by atomic mass is 9.98. The number of carbonyl (C=O) groups is 3. The standard InChI is InChI=1S/C27H26N2O5/c1-17(15-24(30)29-25(26(31)32)18-9-3-2-4-10-18)28-27(33)34-16-23-21-13-7-5-11-19(21)20-12-6-8-14-22(20)23/h2-14,17,23,25H,15-16H2,1H3,(H,28,33)(H,29,30)(H,31,32)/t17-,25-/m1/s1. The topological polar surface area (TPSA) is 105 Å². The van der Waals surface area contributed by atoms with Gasteiger partial charge in [0.1, 0.15) is 6.61 Å². The zero-order chi connectivity index (χ0) is 24.1. The summed E-state index contributed by atoms with van der Waals surface area (Å²) in [6.45, 7) is 1.84. The van der Waals surface area contributed by atoms with Crippen LogP contribution in [0.1, 0.15) is 42.0 Å². The van der Waals surface area contributed by atoms with Crippen LogP contribution in [0.2, 0.25) is 0 Å². The summed E-state index contributed by atoms with van der Waals surface area (Å²) in [7, 11) is 0. The van der Waals surface area contributed by atoms with Crippen molar-refractivity contribution in [3.05, 3.63) is 95.6 Å². The van der Waals surface area contributed by atoms with E-state index in [9.17, 15) is 19.5 Å². The van der Waals surface area contributed by atoms with Gasteiger partial charge in [-0.15, -0.1) is 0 Å². The molecule has 3 aromatic rings. The van der Waals surface area contributed by atoms with Gasteiger partial charge in [-0.05, 0) is 34.7 Å². The van der Waals surface area contributed by atoms with E-state index in [1.54, 1.807) is 37.3 Å². The Morgan fingerprint density at radius 3 is 2.00 bits per heavy atom. The van der Waals surface area contributed by atoms with Crippen LogP contribution in [0.4, 0.5) is 4.79 Å². The van der Waals surface area contributed by atoms with Crippen LogP contribution >= 0.6 is 0 Å². The fraction of sp³-hybridized carbons (Fsp3) is 0.222. The molecule has 2 amide bonds. The van der Waals surface area contributed by atoms with E-state index < -0.39 is 30.1 Å². The second-order valence-electron chi connectivity index (χ2n) is 8.32. The van der Waals surface area contributed by atoms with Crippen molar-refractivity contribution in [3.8, 4) is 11.1 Å². The number of carboxylic acids is 1. The zero-order valence-electron chi connectivity index (χ0n) is 18.7. The van der Waals surface area contributed by atoms with Crippen molar-refractivity contribution >= 4 is 18.0 Å². The molecule has 0 spiro atoms. The molecule has 4 rings (SSSR count). The summed E-state index contributed by atoms with van der Waals surface area (Å²) in [5.74, 6) is -1.70. The first-order chi connectivity index (χ1) is 16.4. The molecule has 3 N–H and O–H groups in total. The Hall–Kier alpha value is -4.13. The first kappa shape index (κ1) is 23.0. The second-order valence-corrected chi connectivity index (χ2v) is 8.32. The molecule has 0 unspecified atom stereocenters. The van der Waals surface area contributed by atoms with E-state index in [1.807, 2.05) is 36.4 Å². The summed E-state index contributed by atoms with van der Waals surface area (Å²) >= 11 is 0. The van der Waals surface area contributed by atoms with Crippen molar-refractivity contribution in [3.63, 3.8) is 0 Å². The molecule has 7 nitrogen and oxygen atoms in total. The molecule has 7 heteroatoms. The van der Waals surface area contributed by atoms with Crippen LogP contribution in [0.25, 0.3) is 11.1 Å². The fourth-order valence-corrected chi connectivity index (χ4v) is 4.32. The Morgan fingerprint density at radius 1 is 0.853 bits per heavy atom. The number of hydrogen-bond donors (Lipinski definition) is 3. The maximum Gasteiger partial charge on any atom is 0.407 e. The molecule has 0 fully saturated rings. The first-order valence-corrected chi connectivity index (χ1v) is 11.1. The summed E-state index contributed by atoms with van der Waals surface area (Å²) in [5, 5.41) is 14.6. The van der Waals surface area contributed by atoms with E-state index in [1.165, 1.54) is 0 Å². The number of aliphatic carboxylic acids is 1. The number of hydrogen-bond acceptors (Lipinski definition) is 4. The van der Waals surface area contributed by atoms with Gasteiger partial charge in [-0.3, -0.25) is 4.79 Å². The lowest BCUT2D eigenvalue weighted by molar-refractivity contribution is -0.142. The predicted octanol–water partition coefficient (Wildman–Crippen LogP) is 4.25. The lowest BCUT2D eigenvalue weighted by Gasteiger charge is -2.19. The minimum atomic E-state index is -1.16.